The largest absolute Gasteiger partial charge is 0.507 e. The van der Waals surface area contributed by atoms with Gasteiger partial charge in [0.2, 0.25) is 0 Å². The molecule has 0 aliphatic heterocycles. The standard InChI is InChI=1S/C26H27NO2/c1-3-4-8-18-29-24-16-14-23(15-17-24)27-19-22-12-9-13-25(26(22)28)20(2)21-10-6-5-7-11-21/h3,5-7,9-17,19-20,28H,1,4,8,18H2,2H3. The number of unbranched alkanes of at least 4 members (excludes halogenated alkanes) is 1. The molecule has 0 aromatic heterocycles. The van der Waals surface area contributed by atoms with Crippen LogP contribution < -0.4 is 4.74 Å². The Kier molecular flexibility index (Phi) is 7.23. The van der Waals surface area contributed by atoms with Crippen LogP contribution in [0.1, 0.15) is 42.4 Å². The van der Waals surface area contributed by atoms with Crippen molar-refractivity contribution >= 4 is 11.9 Å². The van der Waals surface area contributed by atoms with Gasteiger partial charge in [-0.25, -0.2) is 0 Å². The summed E-state index contributed by atoms with van der Waals surface area (Å²) in [7, 11) is 0. The lowest BCUT2D eigenvalue weighted by Gasteiger charge is -2.15. The van der Waals surface area contributed by atoms with E-state index in [9.17, 15) is 5.11 Å². The minimum Gasteiger partial charge on any atom is -0.507 e. The van der Waals surface area contributed by atoms with Crippen LogP contribution in [0.2, 0.25) is 0 Å². The first kappa shape index (κ1) is 20.4. The Hall–Kier alpha value is -3.33. The monoisotopic (exact) mass is 385 g/mol. The molecule has 1 N–H and O–H groups in total. The first-order valence-corrected chi connectivity index (χ1v) is 9.93. The quantitative estimate of drug-likeness (QED) is 0.255. The van der Waals surface area contributed by atoms with Crippen LogP contribution in [0.15, 0.2) is 90.4 Å². The highest BCUT2D eigenvalue weighted by atomic mass is 16.5. The average molecular weight is 386 g/mol. The molecule has 29 heavy (non-hydrogen) atoms. The molecule has 3 rings (SSSR count). The van der Waals surface area contributed by atoms with Gasteiger partial charge < -0.3 is 9.84 Å². The van der Waals surface area contributed by atoms with Crippen LogP contribution >= 0.6 is 0 Å². The highest BCUT2D eigenvalue weighted by Gasteiger charge is 2.14. The summed E-state index contributed by atoms with van der Waals surface area (Å²) in [6.07, 6.45) is 5.51. The van der Waals surface area contributed by atoms with Gasteiger partial charge in [0.1, 0.15) is 11.5 Å². The van der Waals surface area contributed by atoms with Gasteiger partial charge in [0.15, 0.2) is 0 Å². The molecule has 0 spiro atoms. The Morgan fingerprint density at radius 1 is 1.00 bits per heavy atom. The van der Waals surface area contributed by atoms with E-state index in [4.69, 9.17) is 4.74 Å². The van der Waals surface area contributed by atoms with Crippen molar-refractivity contribution in [3.05, 3.63) is 102 Å². The number of phenols is 1. The molecule has 0 saturated carbocycles. The van der Waals surface area contributed by atoms with Gasteiger partial charge in [-0.15, -0.1) is 6.58 Å². The van der Waals surface area contributed by atoms with Gasteiger partial charge in [-0.3, -0.25) is 4.99 Å². The molecular weight excluding hydrogens is 358 g/mol. The fourth-order valence-corrected chi connectivity index (χ4v) is 3.15. The van der Waals surface area contributed by atoms with E-state index in [1.165, 1.54) is 5.56 Å². The minimum atomic E-state index is 0.0991. The number of ether oxygens (including phenoxy) is 1. The van der Waals surface area contributed by atoms with Crippen LogP contribution in [0.3, 0.4) is 0 Å². The fraction of sp³-hybridized carbons (Fsp3) is 0.192. The SMILES string of the molecule is C=CCCCOc1ccc(N=Cc2cccc(C(C)c3ccccc3)c2O)cc1. The Morgan fingerprint density at radius 3 is 2.48 bits per heavy atom. The van der Waals surface area contributed by atoms with E-state index in [-0.39, 0.29) is 11.7 Å². The van der Waals surface area contributed by atoms with Crippen molar-refractivity contribution in [2.75, 3.05) is 6.61 Å². The lowest BCUT2D eigenvalue weighted by Crippen LogP contribution is -1.98. The normalized spacial score (nSPS) is 12.0. The fourth-order valence-electron chi connectivity index (χ4n) is 3.15. The highest BCUT2D eigenvalue weighted by molar-refractivity contribution is 5.86. The summed E-state index contributed by atoms with van der Waals surface area (Å²) in [5, 5.41) is 10.8. The van der Waals surface area contributed by atoms with Crippen LogP contribution in [0.5, 0.6) is 11.5 Å². The lowest BCUT2D eigenvalue weighted by molar-refractivity contribution is 0.312. The average Bonchev–Trinajstić information content (AvgIpc) is 2.77. The summed E-state index contributed by atoms with van der Waals surface area (Å²) in [5.74, 6) is 1.20. The molecule has 0 bridgehead atoms. The Labute approximate surface area is 173 Å². The molecular formula is C26H27NO2. The second-order valence-electron chi connectivity index (χ2n) is 6.95. The molecule has 0 aliphatic carbocycles. The van der Waals surface area contributed by atoms with Gasteiger partial charge >= 0.3 is 0 Å². The number of benzene rings is 3. The highest BCUT2D eigenvalue weighted by Crippen LogP contribution is 2.33. The molecule has 0 saturated heterocycles. The van der Waals surface area contributed by atoms with Crippen molar-refractivity contribution in [3.8, 4) is 11.5 Å². The number of aromatic hydroxyl groups is 1. The zero-order valence-electron chi connectivity index (χ0n) is 16.8. The van der Waals surface area contributed by atoms with E-state index in [0.29, 0.717) is 12.2 Å². The lowest BCUT2D eigenvalue weighted by atomic mass is 9.91. The maximum atomic E-state index is 10.8. The van der Waals surface area contributed by atoms with Crippen LogP contribution in [-0.2, 0) is 0 Å². The van der Waals surface area contributed by atoms with Gasteiger partial charge in [-0.05, 0) is 48.7 Å². The second-order valence-corrected chi connectivity index (χ2v) is 6.95. The second kappa shape index (κ2) is 10.3. The molecule has 3 heteroatoms. The number of nitrogens with zero attached hydrogens (tertiary/aromatic N) is 1. The maximum Gasteiger partial charge on any atom is 0.128 e. The van der Waals surface area contributed by atoms with Crippen molar-refractivity contribution in [2.45, 2.75) is 25.7 Å². The number of phenolic OH excluding ortho intramolecular Hbond substituents is 1. The van der Waals surface area contributed by atoms with E-state index < -0.39 is 0 Å². The maximum absolute atomic E-state index is 10.8. The van der Waals surface area contributed by atoms with Crippen molar-refractivity contribution in [1.29, 1.82) is 0 Å². The zero-order chi connectivity index (χ0) is 20.5. The van der Waals surface area contributed by atoms with Gasteiger partial charge in [0.25, 0.3) is 0 Å². The van der Waals surface area contributed by atoms with Crippen LogP contribution in [-0.4, -0.2) is 17.9 Å². The number of aliphatic imine (C=N–C) groups is 1. The van der Waals surface area contributed by atoms with Gasteiger partial charge in [-0.1, -0.05) is 55.5 Å². The number of hydrogen-bond donors (Lipinski definition) is 1. The van der Waals surface area contributed by atoms with Gasteiger partial charge in [0, 0.05) is 23.3 Å². The molecule has 1 unspecified atom stereocenters. The van der Waals surface area contributed by atoms with E-state index in [2.05, 4.69) is 30.6 Å². The summed E-state index contributed by atoms with van der Waals surface area (Å²) < 4.78 is 5.69. The molecule has 1 atom stereocenters. The Balaban J connectivity index is 1.70. The number of para-hydroxylation sites is 1. The summed E-state index contributed by atoms with van der Waals surface area (Å²) in [5.41, 5.74) is 3.57. The smallest absolute Gasteiger partial charge is 0.128 e. The van der Waals surface area contributed by atoms with Crippen molar-refractivity contribution in [1.82, 2.24) is 0 Å². The molecule has 0 amide bonds. The van der Waals surface area contributed by atoms with Crippen molar-refractivity contribution in [3.63, 3.8) is 0 Å². The molecule has 3 nitrogen and oxygen atoms in total. The Bertz CT molecular complexity index is 946. The summed E-state index contributed by atoms with van der Waals surface area (Å²) in [6, 6.07) is 23.6. The summed E-state index contributed by atoms with van der Waals surface area (Å²) in [4.78, 5) is 4.51. The summed E-state index contributed by atoms with van der Waals surface area (Å²) >= 11 is 0. The first-order valence-electron chi connectivity index (χ1n) is 9.93. The third-order valence-corrected chi connectivity index (χ3v) is 4.88. The molecule has 148 valence electrons. The topological polar surface area (TPSA) is 41.8 Å². The number of hydrogen-bond acceptors (Lipinski definition) is 3. The van der Waals surface area contributed by atoms with Crippen molar-refractivity contribution < 1.29 is 9.84 Å². The summed E-state index contributed by atoms with van der Waals surface area (Å²) in [6.45, 7) is 6.48. The minimum absolute atomic E-state index is 0.0991. The first-order chi connectivity index (χ1) is 14.2. The van der Waals surface area contributed by atoms with Crippen LogP contribution in [0, 0.1) is 0 Å². The predicted molar refractivity (Wildman–Crippen MR) is 121 cm³/mol. The molecule has 0 heterocycles. The van der Waals surface area contributed by atoms with E-state index in [1.807, 2.05) is 66.7 Å². The van der Waals surface area contributed by atoms with Gasteiger partial charge in [0.05, 0.1) is 12.3 Å². The third-order valence-electron chi connectivity index (χ3n) is 4.88. The van der Waals surface area contributed by atoms with Crippen LogP contribution in [0.4, 0.5) is 5.69 Å². The van der Waals surface area contributed by atoms with Crippen LogP contribution in [0.25, 0.3) is 0 Å². The molecule has 3 aromatic rings. The number of allylic oxidation sites excluding steroid dienone is 1. The molecule has 0 radical (unpaired) electrons. The van der Waals surface area contributed by atoms with E-state index >= 15 is 0 Å². The third kappa shape index (κ3) is 5.58. The Morgan fingerprint density at radius 2 is 1.76 bits per heavy atom. The molecule has 0 fully saturated rings. The number of rotatable bonds is 9. The predicted octanol–water partition coefficient (Wildman–Crippen LogP) is 6.64. The van der Waals surface area contributed by atoms with E-state index in [0.717, 1.165) is 29.8 Å². The van der Waals surface area contributed by atoms with Crippen molar-refractivity contribution in [2.24, 2.45) is 4.99 Å². The van der Waals surface area contributed by atoms with E-state index in [1.54, 1.807) is 6.21 Å². The zero-order valence-corrected chi connectivity index (χ0v) is 16.8. The van der Waals surface area contributed by atoms with Gasteiger partial charge in [-0.2, -0.15) is 0 Å². The molecule has 3 aromatic carbocycles. The molecule has 0 aliphatic rings.